The number of benzene rings is 1. The van der Waals surface area contributed by atoms with E-state index in [-0.39, 0.29) is 24.3 Å². The van der Waals surface area contributed by atoms with Gasteiger partial charge in [-0.2, -0.15) is 0 Å². The summed E-state index contributed by atoms with van der Waals surface area (Å²) in [4.78, 5) is 26.9. The average Bonchev–Trinajstić information content (AvgIpc) is 3.16. The second kappa shape index (κ2) is 10.3. The van der Waals surface area contributed by atoms with Gasteiger partial charge in [0.15, 0.2) is 0 Å². The Kier molecular flexibility index (Phi) is 7.55. The summed E-state index contributed by atoms with van der Waals surface area (Å²) in [5, 5.41) is 0. The van der Waals surface area contributed by atoms with Crippen molar-refractivity contribution in [3.63, 3.8) is 0 Å². The van der Waals surface area contributed by atoms with Crippen molar-refractivity contribution in [1.82, 2.24) is 9.47 Å². The largest absolute Gasteiger partial charge is 0.493 e. The number of carbonyl (C=O) groups excluding carboxylic acids is 2. The van der Waals surface area contributed by atoms with Crippen LogP contribution in [0.25, 0.3) is 0 Å². The van der Waals surface area contributed by atoms with Gasteiger partial charge in [-0.1, -0.05) is 6.07 Å². The van der Waals surface area contributed by atoms with Gasteiger partial charge in [0, 0.05) is 32.3 Å². The molecule has 1 aromatic carbocycles. The van der Waals surface area contributed by atoms with E-state index < -0.39 is 0 Å². The third kappa shape index (κ3) is 5.65. The van der Waals surface area contributed by atoms with E-state index in [1.165, 1.54) is 5.56 Å². The van der Waals surface area contributed by atoms with Crippen molar-refractivity contribution < 1.29 is 19.1 Å². The summed E-state index contributed by atoms with van der Waals surface area (Å²) in [5.41, 5.74) is 3.07. The fourth-order valence-corrected chi connectivity index (χ4v) is 3.84. The summed E-state index contributed by atoms with van der Waals surface area (Å²) in [6, 6.07) is 9.74. The summed E-state index contributed by atoms with van der Waals surface area (Å²) >= 11 is 0. The normalized spacial score (nSPS) is 16.4. The van der Waals surface area contributed by atoms with Gasteiger partial charge in [-0.25, -0.2) is 0 Å². The predicted octanol–water partition coefficient (Wildman–Crippen LogP) is 4.04. The topological polar surface area (TPSA) is 60.8 Å². The molecule has 1 fully saturated rings. The molecule has 3 rings (SSSR count). The lowest BCUT2D eigenvalue weighted by atomic mass is 9.99. The predicted molar refractivity (Wildman–Crippen MR) is 116 cm³/mol. The maximum atomic E-state index is 12.9. The molecule has 0 aliphatic carbocycles. The lowest BCUT2D eigenvalue weighted by molar-refractivity contribution is -0.144. The first kappa shape index (κ1) is 21.9. The van der Waals surface area contributed by atoms with Crippen LogP contribution in [0.2, 0.25) is 0 Å². The number of ether oxygens (including phenoxy) is 2. The van der Waals surface area contributed by atoms with Crippen molar-refractivity contribution in [2.45, 2.75) is 52.0 Å². The van der Waals surface area contributed by atoms with Crippen molar-refractivity contribution in [2.24, 2.45) is 7.05 Å². The molecule has 1 aliphatic heterocycles. The van der Waals surface area contributed by atoms with E-state index in [1.807, 2.05) is 60.0 Å². The number of aromatic nitrogens is 1. The zero-order chi connectivity index (χ0) is 21.5. The second-order valence-corrected chi connectivity index (χ2v) is 8.01. The van der Waals surface area contributed by atoms with Gasteiger partial charge in [0.1, 0.15) is 11.4 Å². The number of carbonyl (C=O) groups is 2. The maximum absolute atomic E-state index is 12.9. The lowest BCUT2D eigenvalue weighted by Gasteiger charge is -2.35. The minimum absolute atomic E-state index is 0.0558. The molecule has 6 nitrogen and oxygen atoms in total. The molecule has 2 aromatic rings. The monoisotopic (exact) mass is 412 g/mol. The van der Waals surface area contributed by atoms with E-state index in [1.54, 1.807) is 0 Å². The van der Waals surface area contributed by atoms with E-state index in [0.29, 0.717) is 25.3 Å². The minimum Gasteiger partial charge on any atom is -0.493 e. The average molecular weight is 413 g/mol. The number of aryl methyl sites for hydroxylation is 3. The molecule has 0 saturated carbocycles. The van der Waals surface area contributed by atoms with Crippen LogP contribution in [0.5, 0.6) is 5.75 Å². The van der Waals surface area contributed by atoms with Gasteiger partial charge in [-0.05, 0) is 68.5 Å². The first-order chi connectivity index (χ1) is 14.5. The summed E-state index contributed by atoms with van der Waals surface area (Å²) in [6.07, 6.45) is 5.82. The minimum atomic E-state index is -0.269. The van der Waals surface area contributed by atoms with Gasteiger partial charge in [-0.3, -0.25) is 9.59 Å². The highest BCUT2D eigenvalue weighted by atomic mass is 16.5. The van der Waals surface area contributed by atoms with Crippen LogP contribution < -0.4 is 4.74 Å². The highest BCUT2D eigenvalue weighted by Crippen LogP contribution is 2.22. The van der Waals surface area contributed by atoms with E-state index in [2.05, 4.69) is 6.92 Å². The van der Waals surface area contributed by atoms with Gasteiger partial charge in [0.25, 0.3) is 5.91 Å². The number of esters is 1. The number of hydrogen-bond donors (Lipinski definition) is 0. The van der Waals surface area contributed by atoms with Crippen LogP contribution >= 0.6 is 0 Å². The van der Waals surface area contributed by atoms with E-state index in [4.69, 9.17) is 9.47 Å². The molecule has 0 spiro atoms. The van der Waals surface area contributed by atoms with Crippen molar-refractivity contribution >= 4 is 11.9 Å². The van der Waals surface area contributed by atoms with Crippen LogP contribution in [0.4, 0.5) is 0 Å². The fourth-order valence-electron chi connectivity index (χ4n) is 3.84. The Morgan fingerprint density at radius 1 is 1.10 bits per heavy atom. The Morgan fingerprint density at radius 2 is 1.93 bits per heavy atom. The molecule has 1 saturated heterocycles. The Bertz CT molecular complexity index is 874. The molecule has 0 radical (unpaired) electrons. The Hall–Kier alpha value is -2.76. The van der Waals surface area contributed by atoms with Crippen molar-refractivity contribution in [3.05, 3.63) is 53.3 Å². The number of likely N-dealkylation sites (tertiary alicyclic amines) is 1. The van der Waals surface area contributed by atoms with E-state index in [0.717, 1.165) is 37.1 Å². The summed E-state index contributed by atoms with van der Waals surface area (Å²) < 4.78 is 12.9. The molecule has 1 aliphatic rings. The molecule has 1 unspecified atom stereocenters. The van der Waals surface area contributed by atoms with Crippen LogP contribution in [0, 0.1) is 13.8 Å². The number of nitrogens with zero attached hydrogens (tertiary/aromatic N) is 2. The van der Waals surface area contributed by atoms with Gasteiger partial charge >= 0.3 is 5.97 Å². The third-order valence-electron chi connectivity index (χ3n) is 5.82. The van der Waals surface area contributed by atoms with E-state index >= 15 is 0 Å². The molecule has 30 heavy (non-hydrogen) atoms. The highest BCUT2D eigenvalue weighted by molar-refractivity contribution is 5.93. The first-order valence-electron chi connectivity index (χ1n) is 10.7. The van der Waals surface area contributed by atoms with Crippen LogP contribution in [0.3, 0.4) is 0 Å². The Labute approximate surface area is 178 Å². The molecule has 1 atom stereocenters. The molecule has 162 valence electrons. The van der Waals surface area contributed by atoms with Gasteiger partial charge in [0.2, 0.25) is 0 Å². The van der Waals surface area contributed by atoms with Crippen LogP contribution in [0.15, 0.2) is 36.5 Å². The lowest BCUT2D eigenvalue weighted by Crippen LogP contribution is -2.44. The smallest absolute Gasteiger partial charge is 0.309 e. The molecule has 6 heteroatoms. The van der Waals surface area contributed by atoms with Gasteiger partial charge < -0.3 is 18.9 Å². The molecule has 1 amide bonds. The summed E-state index contributed by atoms with van der Waals surface area (Å²) in [6.45, 7) is 5.46. The third-order valence-corrected chi connectivity index (χ3v) is 5.82. The quantitative estimate of drug-likeness (QED) is 0.614. The number of hydrogen-bond acceptors (Lipinski definition) is 4. The Balaban J connectivity index is 1.41. The van der Waals surface area contributed by atoms with E-state index in [9.17, 15) is 9.59 Å². The number of piperidine rings is 1. The fraction of sp³-hybridized carbons (Fsp3) is 0.500. The number of amides is 1. The Morgan fingerprint density at radius 3 is 2.67 bits per heavy atom. The maximum Gasteiger partial charge on any atom is 0.309 e. The summed E-state index contributed by atoms with van der Waals surface area (Å²) in [5.74, 6) is 0.554. The molecule has 1 aromatic heterocycles. The van der Waals surface area contributed by atoms with Gasteiger partial charge in [-0.15, -0.1) is 0 Å². The summed E-state index contributed by atoms with van der Waals surface area (Å²) in [7, 11) is 1.88. The van der Waals surface area contributed by atoms with Crippen molar-refractivity contribution in [3.8, 4) is 5.75 Å². The van der Waals surface area contributed by atoms with Crippen LogP contribution in [0.1, 0.15) is 53.7 Å². The second-order valence-electron chi connectivity index (χ2n) is 8.01. The van der Waals surface area contributed by atoms with Crippen molar-refractivity contribution in [1.29, 1.82) is 0 Å². The molecule has 0 bridgehead atoms. The zero-order valence-electron chi connectivity index (χ0n) is 18.2. The van der Waals surface area contributed by atoms with Crippen LogP contribution in [-0.4, -0.2) is 47.1 Å². The molecule has 2 heterocycles. The molecule has 0 N–H and O–H groups in total. The standard InChI is InChI=1S/C24H32N2O4/c1-18-9-10-21(17-19(18)2)29-16-12-23(27)30-15-11-20-7-4-5-14-26(20)24(28)22-8-6-13-25(22)3/h6,8-10,13,17,20H,4-5,7,11-12,14-16H2,1-3H3. The zero-order valence-corrected chi connectivity index (χ0v) is 18.2. The van der Waals surface area contributed by atoms with Crippen LogP contribution in [-0.2, 0) is 16.6 Å². The first-order valence-corrected chi connectivity index (χ1v) is 10.7. The SMILES string of the molecule is Cc1ccc(OCCC(=O)OCCC2CCCCN2C(=O)c2cccn2C)cc1C. The highest BCUT2D eigenvalue weighted by Gasteiger charge is 2.28. The number of rotatable bonds is 8. The van der Waals surface area contributed by atoms with Gasteiger partial charge in [0.05, 0.1) is 19.6 Å². The molecular formula is C24H32N2O4. The molecular weight excluding hydrogens is 380 g/mol. The van der Waals surface area contributed by atoms with Crippen molar-refractivity contribution in [2.75, 3.05) is 19.8 Å².